The Morgan fingerprint density at radius 1 is 1.10 bits per heavy atom. The van der Waals surface area contributed by atoms with Crippen molar-refractivity contribution < 1.29 is 9.59 Å². The van der Waals surface area contributed by atoms with Gasteiger partial charge in [0, 0.05) is 11.6 Å². The summed E-state index contributed by atoms with van der Waals surface area (Å²) in [5, 5.41) is 14.8. The molecule has 0 radical (unpaired) electrons. The van der Waals surface area contributed by atoms with Crippen LogP contribution in [0.3, 0.4) is 0 Å². The molecule has 8 heteroatoms. The summed E-state index contributed by atoms with van der Waals surface area (Å²) < 4.78 is -1.19. The Labute approximate surface area is 182 Å². The molecule has 0 aliphatic heterocycles. The Bertz CT molecular complexity index is 1030. The zero-order chi connectivity index (χ0) is 20.8. The van der Waals surface area contributed by atoms with Crippen LogP contribution >= 0.6 is 34.8 Å². The average Bonchev–Trinajstić information content (AvgIpc) is 3.59. The number of hydrogen-bond acceptors (Lipinski definition) is 3. The highest BCUT2D eigenvalue weighted by Crippen LogP contribution is 2.65. The molecular formula is C21H16Cl3N3O2. The van der Waals surface area contributed by atoms with E-state index in [-0.39, 0.29) is 22.4 Å². The molecule has 2 aliphatic carbocycles. The van der Waals surface area contributed by atoms with Crippen molar-refractivity contribution in [3.63, 3.8) is 0 Å². The number of nitriles is 1. The average molecular weight is 449 g/mol. The molecule has 148 valence electrons. The standard InChI is InChI=1S/C21H16Cl3N3O2/c22-15-7-6-13(10-14(15)18(28)27-20(11-25)8-9-20)26-19(29)17-16(21(17,23)24)12-4-2-1-3-5-12/h1-7,10,16-17H,8-9H2,(H,26,29)(H,27,28)/t16-,17+/m0/s1. The molecule has 0 aromatic heterocycles. The highest BCUT2D eigenvalue weighted by Gasteiger charge is 2.67. The van der Waals surface area contributed by atoms with E-state index in [4.69, 9.17) is 40.1 Å². The van der Waals surface area contributed by atoms with Gasteiger partial charge in [0.15, 0.2) is 0 Å². The van der Waals surface area contributed by atoms with Crippen molar-refractivity contribution in [3.8, 4) is 6.07 Å². The van der Waals surface area contributed by atoms with Crippen LogP contribution in [0.1, 0.15) is 34.7 Å². The number of amides is 2. The van der Waals surface area contributed by atoms with Crippen LogP contribution in [0, 0.1) is 17.2 Å². The van der Waals surface area contributed by atoms with Crippen LogP contribution in [0.2, 0.25) is 5.02 Å². The van der Waals surface area contributed by atoms with Crippen molar-refractivity contribution in [2.45, 2.75) is 28.6 Å². The topological polar surface area (TPSA) is 82.0 Å². The second-order valence-electron chi connectivity index (χ2n) is 7.37. The summed E-state index contributed by atoms with van der Waals surface area (Å²) in [7, 11) is 0. The van der Waals surface area contributed by atoms with Gasteiger partial charge in [-0.1, -0.05) is 41.9 Å². The Balaban J connectivity index is 1.49. The molecule has 2 atom stereocenters. The summed E-state index contributed by atoms with van der Waals surface area (Å²) in [4.78, 5) is 25.3. The number of rotatable bonds is 5. The molecule has 0 unspecified atom stereocenters. The van der Waals surface area contributed by atoms with Gasteiger partial charge in [-0.2, -0.15) is 5.26 Å². The van der Waals surface area contributed by atoms with Crippen LogP contribution in [0.5, 0.6) is 0 Å². The highest BCUT2D eigenvalue weighted by molar-refractivity contribution is 6.53. The van der Waals surface area contributed by atoms with Gasteiger partial charge in [-0.05, 0) is 36.6 Å². The maximum atomic E-state index is 12.8. The molecule has 29 heavy (non-hydrogen) atoms. The number of carbonyl (C=O) groups excluding carboxylic acids is 2. The van der Waals surface area contributed by atoms with E-state index in [9.17, 15) is 9.59 Å². The summed E-state index contributed by atoms with van der Waals surface area (Å²) in [6.07, 6.45) is 1.22. The lowest BCUT2D eigenvalue weighted by atomic mass is 10.1. The van der Waals surface area contributed by atoms with Crippen molar-refractivity contribution in [2.24, 2.45) is 5.92 Å². The molecule has 2 aromatic rings. The van der Waals surface area contributed by atoms with Crippen LogP contribution in [-0.2, 0) is 4.79 Å². The molecular weight excluding hydrogens is 433 g/mol. The summed E-state index contributed by atoms with van der Waals surface area (Å²) in [5.41, 5.74) is 0.659. The third kappa shape index (κ3) is 3.81. The van der Waals surface area contributed by atoms with Gasteiger partial charge in [0.2, 0.25) is 5.91 Å². The van der Waals surface area contributed by atoms with E-state index in [0.29, 0.717) is 18.5 Å². The minimum atomic E-state index is -1.19. The lowest BCUT2D eigenvalue weighted by molar-refractivity contribution is -0.117. The lowest BCUT2D eigenvalue weighted by Crippen LogP contribution is -2.35. The fraction of sp³-hybridized carbons (Fsp3) is 0.286. The van der Waals surface area contributed by atoms with Gasteiger partial charge >= 0.3 is 0 Å². The van der Waals surface area contributed by atoms with Crippen LogP contribution in [0.4, 0.5) is 5.69 Å². The second-order valence-corrected chi connectivity index (χ2v) is 9.22. The third-order valence-corrected chi connectivity index (χ3v) is 6.56. The van der Waals surface area contributed by atoms with E-state index in [1.54, 1.807) is 6.07 Å². The van der Waals surface area contributed by atoms with Gasteiger partial charge in [0.25, 0.3) is 5.91 Å². The van der Waals surface area contributed by atoms with Gasteiger partial charge < -0.3 is 10.6 Å². The summed E-state index contributed by atoms with van der Waals surface area (Å²) in [6.45, 7) is 0. The number of nitrogens with zero attached hydrogens (tertiary/aromatic N) is 1. The monoisotopic (exact) mass is 447 g/mol. The van der Waals surface area contributed by atoms with Gasteiger partial charge in [-0.25, -0.2) is 0 Å². The summed E-state index contributed by atoms with van der Waals surface area (Å²) >= 11 is 18.9. The number of benzene rings is 2. The van der Waals surface area contributed by atoms with Gasteiger partial charge in [0.05, 0.1) is 22.6 Å². The van der Waals surface area contributed by atoms with E-state index in [2.05, 4.69) is 16.7 Å². The number of halogens is 3. The normalized spacial score (nSPS) is 22.8. The number of nitrogens with one attached hydrogen (secondary N) is 2. The molecule has 5 nitrogen and oxygen atoms in total. The van der Waals surface area contributed by atoms with Gasteiger partial charge in [-0.15, -0.1) is 23.2 Å². The smallest absolute Gasteiger partial charge is 0.254 e. The molecule has 2 aromatic carbocycles. The molecule has 2 amide bonds. The van der Waals surface area contributed by atoms with Gasteiger partial charge in [0.1, 0.15) is 9.87 Å². The van der Waals surface area contributed by atoms with E-state index in [1.807, 2.05) is 30.3 Å². The minimum Gasteiger partial charge on any atom is -0.334 e. The summed E-state index contributed by atoms with van der Waals surface area (Å²) in [5.74, 6) is -1.72. The second kappa shape index (κ2) is 7.21. The maximum Gasteiger partial charge on any atom is 0.254 e. The highest BCUT2D eigenvalue weighted by atomic mass is 35.5. The molecule has 2 aliphatic rings. The maximum absolute atomic E-state index is 12.8. The van der Waals surface area contributed by atoms with Crippen LogP contribution in [-0.4, -0.2) is 21.7 Å². The molecule has 4 rings (SSSR count). The first-order chi connectivity index (χ1) is 13.8. The molecule has 0 spiro atoms. The Morgan fingerprint density at radius 2 is 1.79 bits per heavy atom. The van der Waals surface area contributed by atoms with Crippen molar-refractivity contribution in [3.05, 3.63) is 64.7 Å². The number of carbonyl (C=O) groups is 2. The molecule has 2 N–H and O–H groups in total. The zero-order valence-electron chi connectivity index (χ0n) is 15.1. The third-order valence-electron chi connectivity index (χ3n) is 5.29. The largest absolute Gasteiger partial charge is 0.334 e. The van der Waals surface area contributed by atoms with E-state index in [1.165, 1.54) is 12.1 Å². The van der Waals surface area contributed by atoms with E-state index < -0.39 is 21.7 Å². The van der Waals surface area contributed by atoms with Crippen LogP contribution < -0.4 is 10.6 Å². The Hall–Kier alpha value is -2.26. The van der Waals surface area contributed by atoms with Gasteiger partial charge in [-0.3, -0.25) is 9.59 Å². The number of hydrogen-bond donors (Lipinski definition) is 2. The molecule has 2 saturated carbocycles. The molecule has 0 saturated heterocycles. The van der Waals surface area contributed by atoms with E-state index >= 15 is 0 Å². The van der Waals surface area contributed by atoms with Crippen LogP contribution in [0.25, 0.3) is 0 Å². The van der Waals surface area contributed by atoms with Crippen LogP contribution in [0.15, 0.2) is 48.5 Å². The fourth-order valence-corrected chi connectivity index (χ4v) is 4.43. The molecule has 2 fully saturated rings. The van der Waals surface area contributed by atoms with Crippen molar-refractivity contribution in [1.82, 2.24) is 5.32 Å². The Kier molecular flexibility index (Phi) is 4.98. The molecule has 0 heterocycles. The summed E-state index contributed by atoms with van der Waals surface area (Å²) in [6, 6.07) is 16.1. The first-order valence-corrected chi connectivity index (χ1v) is 10.2. The Morgan fingerprint density at radius 3 is 2.41 bits per heavy atom. The minimum absolute atomic E-state index is 0.185. The van der Waals surface area contributed by atoms with Crippen molar-refractivity contribution in [2.75, 3.05) is 5.32 Å². The zero-order valence-corrected chi connectivity index (χ0v) is 17.4. The predicted molar refractivity (Wildman–Crippen MR) is 112 cm³/mol. The fourth-order valence-electron chi connectivity index (χ4n) is 3.40. The predicted octanol–water partition coefficient (Wildman–Crippen LogP) is 4.65. The number of alkyl halides is 2. The van der Waals surface area contributed by atoms with E-state index in [0.717, 1.165) is 5.56 Å². The van der Waals surface area contributed by atoms with Crippen molar-refractivity contribution >= 4 is 52.3 Å². The SMILES string of the molecule is N#CC1(NC(=O)c2cc(NC(=O)[C@H]3[C@H](c4ccccc4)C3(Cl)Cl)ccc2Cl)CC1. The lowest BCUT2D eigenvalue weighted by Gasteiger charge is -2.12. The molecule has 0 bridgehead atoms. The first kappa shape index (κ1) is 20.0. The quantitative estimate of drug-likeness (QED) is 0.653. The van der Waals surface area contributed by atoms with Crippen molar-refractivity contribution in [1.29, 1.82) is 5.26 Å². The first-order valence-electron chi connectivity index (χ1n) is 9.04. The number of anilines is 1.